The summed E-state index contributed by atoms with van der Waals surface area (Å²) in [4.78, 5) is 36.8. The molecule has 2 fully saturated rings. The quantitative estimate of drug-likeness (QED) is 0.0690. The molecule has 0 radical (unpaired) electrons. The van der Waals surface area contributed by atoms with Crippen LogP contribution in [0.2, 0.25) is 0 Å². The number of urea groups is 1. The van der Waals surface area contributed by atoms with Gasteiger partial charge in [0.25, 0.3) is 0 Å². The van der Waals surface area contributed by atoms with Crippen molar-refractivity contribution in [3.63, 3.8) is 0 Å². The zero-order chi connectivity index (χ0) is 34.9. The van der Waals surface area contributed by atoms with Gasteiger partial charge in [-0.1, -0.05) is 61.0 Å². The highest BCUT2D eigenvalue weighted by Crippen LogP contribution is 2.55. The fraction of sp³-hybridized carbons (Fsp3) is 0.447. The van der Waals surface area contributed by atoms with E-state index in [9.17, 15) is 14.4 Å². The first-order chi connectivity index (χ1) is 24.6. The molecular formula is C38H48N2O8PS+. The molecule has 12 heteroatoms. The van der Waals surface area contributed by atoms with E-state index in [4.69, 9.17) is 23.7 Å². The number of esters is 2. The molecule has 10 nitrogen and oxygen atoms in total. The van der Waals surface area contributed by atoms with Crippen LogP contribution in [-0.2, 0) is 33.3 Å². The average molecular weight is 724 g/mol. The van der Waals surface area contributed by atoms with Gasteiger partial charge in [0.1, 0.15) is 36.4 Å². The molecule has 3 aromatic carbocycles. The summed E-state index contributed by atoms with van der Waals surface area (Å²) in [6, 6.07) is 31.1. The fourth-order valence-electron chi connectivity index (χ4n) is 6.31. The van der Waals surface area contributed by atoms with Crippen LogP contribution >= 0.6 is 19.0 Å². The summed E-state index contributed by atoms with van der Waals surface area (Å²) in [7, 11) is -2.30. The second kappa shape index (κ2) is 20.4. The molecule has 0 aromatic heterocycles. The number of fused-ring (bicyclic) bond motifs is 1. The van der Waals surface area contributed by atoms with Crippen molar-refractivity contribution < 1.29 is 38.1 Å². The molecular weight excluding hydrogens is 675 g/mol. The molecule has 2 aliphatic heterocycles. The number of hydrogen-bond acceptors (Lipinski definition) is 9. The van der Waals surface area contributed by atoms with Crippen molar-refractivity contribution in [2.45, 2.75) is 43.0 Å². The summed E-state index contributed by atoms with van der Waals surface area (Å²) >= 11 is 1.88. The van der Waals surface area contributed by atoms with Gasteiger partial charge in [0.15, 0.2) is 6.16 Å². The lowest BCUT2D eigenvalue weighted by Gasteiger charge is -2.26. The Morgan fingerprint density at radius 1 is 0.640 bits per heavy atom. The van der Waals surface area contributed by atoms with Crippen LogP contribution in [-0.4, -0.2) is 100 Å². The van der Waals surface area contributed by atoms with Crippen molar-refractivity contribution >= 4 is 52.9 Å². The SMILES string of the molecule is O=C1N[C@H]2[C@H](CS[C@H]2CCCCC(=O)OCCOCCOCCOCCOC(=O)C[P+](c2ccccc2)(c2ccccc2)c2ccccc2)N1. The van der Waals surface area contributed by atoms with Gasteiger partial charge in [-0.15, -0.1) is 0 Å². The van der Waals surface area contributed by atoms with Crippen LogP contribution < -0.4 is 26.5 Å². The predicted octanol–water partition coefficient (Wildman–Crippen LogP) is 3.84. The first-order valence-electron chi connectivity index (χ1n) is 17.3. The molecule has 2 N–H and O–H groups in total. The van der Waals surface area contributed by atoms with Crippen LogP contribution in [0.25, 0.3) is 0 Å². The molecule has 2 heterocycles. The molecule has 0 unspecified atom stereocenters. The first-order valence-corrected chi connectivity index (χ1v) is 20.4. The average Bonchev–Trinajstić information content (AvgIpc) is 3.71. The van der Waals surface area contributed by atoms with E-state index in [0.717, 1.165) is 40.9 Å². The number of ether oxygens (including phenoxy) is 5. The number of carbonyl (C=O) groups is 3. The van der Waals surface area contributed by atoms with Gasteiger partial charge in [0.05, 0.1) is 51.7 Å². The Morgan fingerprint density at radius 2 is 1.12 bits per heavy atom. The molecule has 0 saturated carbocycles. The number of amides is 2. The Hall–Kier alpha value is -3.47. The highest BCUT2D eigenvalue weighted by Gasteiger charge is 2.48. The minimum Gasteiger partial charge on any atom is -0.463 e. The zero-order valence-corrected chi connectivity index (χ0v) is 30.1. The maximum atomic E-state index is 13.3. The third kappa shape index (κ3) is 11.0. The van der Waals surface area contributed by atoms with Gasteiger partial charge >= 0.3 is 18.0 Å². The minimum atomic E-state index is -2.30. The van der Waals surface area contributed by atoms with Crippen LogP contribution in [0.5, 0.6) is 0 Å². The van der Waals surface area contributed by atoms with Crippen LogP contribution in [0, 0.1) is 0 Å². The van der Waals surface area contributed by atoms with Crippen LogP contribution in [0.4, 0.5) is 4.79 Å². The third-order valence-corrected chi connectivity index (χ3v) is 14.5. The van der Waals surface area contributed by atoms with Crippen LogP contribution in [0.3, 0.4) is 0 Å². The Morgan fingerprint density at radius 3 is 1.64 bits per heavy atom. The van der Waals surface area contributed by atoms with Gasteiger partial charge in [0.2, 0.25) is 0 Å². The van der Waals surface area contributed by atoms with Crippen molar-refractivity contribution in [2.75, 3.05) is 64.8 Å². The smallest absolute Gasteiger partial charge is 0.345 e. The van der Waals surface area contributed by atoms with E-state index >= 15 is 0 Å². The zero-order valence-electron chi connectivity index (χ0n) is 28.4. The van der Waals surface area contributed by atoms with E-state index < -0.39 is 7.26 Å². The molecule has 3 atom stereocenters. The van der Waals surface area contributed by atoms with E-state index in [0.29, 0.717) is 44.7 Å². The Kier molecular flexibility index (Phi) is 15.4. The number of hydrogen-bond donors (Lipinski definition) is 2. The predicted molar refractivity (Wildman–Crippen MR) is 198 cm³/mol. The summed E-state index contributed by atoms with van der Waals surface area (Å²) in [5.41, 5.74) is 0. The molecule has 50 heavy (non-hydrogen) atoms. The molecule has 0 spiro atoms. The van der Waals surface area contributed by atoms with Gasteiger partial charge in [-0.05, 0) is 49.2 Å². The second-order valence-corrected chi connectivity index (χ2v) is 16.9. The molecule has 3 aromatic rings. The minimum absolute atomic E-state index is 0.0740. The van der Waals surface area contributed by atoms with E-state index in [2.05, 4.69) is 47.0 Å². The van der Waals surface area contributed by atoms with Crippen LogP contribution in [0.1, 0.15) is 25.7 Å². The molecule has 0 aliphatic carbocycles. The lowest BCUT2D eigenvalue weighted by Crippen LogP contribution is -2.36. The largest absolute Gasteiger partial charge is 0.463 e. The third-order valence-electron chi connectivity index (χ3n) is 8.74. The van der Waals surface area contributed by atoms with Crippen molar-refractivity contribution in [1.82, 2.24) is 10.6 Å². The summed E-state index contributed by atoms with van der Waals surface area (Å²) < 4.78 is 27.6. The maximum absolute atomic E-state index is 13.3. The number of rotatable bonds is 22. The summed E-state index contributed by atoms with van der Waals surface area (Å²) in [5, 5.41) is 9.74. The number of unbranched alkanes of at least 4 members (excludes halogenated alkanes) is 1. The van der Waals surface area contributed by atoms with Crippen LogP contribution in [0.15, 0.2) is 91.0 Å². The van der Waals surface area contributed by atoms with Gasteiger partial charge in [-0.2, -0.15) is 11.8 Å². The van der Waals surface area contributed by atoms with E-state index in [1.807, 2.05) is 66.4 Å². The van der Waals surface area contributed by atoms with Crippen molar-refractivity contribution in [1.29, 1.82) is 0 Å². The van der Waals surface area contributed by atoms with E-state index in [1.54, 1.807) is 0 Å². The highest BCUT2D eigenvalue weighted by molar-refractivity contribution is 8.00. The van der Waals surface area contributed by atoms with Crippen molar-refractivity contribution in [2.24, 2.45) is 0 Å². The van der Waals surface area contributed by atoms with Gasteiger partial charge < -0.3 is 34.3 Å². The molecule has 0 bridgehead atoms. The molecule has 2 amide bonds. The monoisotopic (exact) mass is 723 g/mol. The molecule has 2 saturated heterocycles. The molecule has 5 rings (SSSR count). The number of thioether (sulfide) groups is 1. The maximum Gasteiger partial charge on any atom is 0.345 e. The summed E-state index contributed by atoms with van der Waals surface area (Å²) in [6.45, 7) is 2.51. The molecule has 2 aliphatic rings. The topological polar surface area (TPSA) is 121 Å². The summed E-state index contributed by atoms with van der Waals surface area (Å²) in [5.74, 6) is 0.468. The van der Waals surface area contributed by atoms with E-state index in [1.165, 1.54) is 0 Å². The first kappa shape index (κ1) is 37.8. The lowest BCUT2D eigenvalue weighted by atomic mass is 10.0. The summed E-state index contributed by atoms with van der Waals surface area (Å²) in [6.07, 6.45) is 3.31. The molecule has 268 valence electrons. The van der Waals surface area contributed by atoms with E-state index in [-0.39, 0.29) is 56.0 Å². The Labute approximate surface area is 299 Å². The van der Waals surface area contributed by atoms with Gasteiger partial charge in [-0.3, -0.25) is 4.79 Å². The van der Waals surface area contributed by atoms with Crippen molar-refractivity contribution in [3.8, 4) is 0 Å². The standard InChI is InChI=1S/C38H47N2O8PS/c41-35(19-11-10-18-34-37-33(29-50-34)39-38(43)40-37)47-26-24-45-22-20-44-21-23-46-25-27-48-36(42)28-49(30-12-4-1-5-13-30,31-14-6-2-7-15-31)32-16-8-3-9-17-32/h1-9,12-17,33-34,37H,10-11,18-29H2,(H-,39,40,43)/p+1/t33-,34-,37-/m0/s1. The van der Waals surface area contributed by atoms with Gasteiger partial charge in [0, 0.05) is 17.4 Å². The number of carbonyl (C=O) groups excluding carboxylic acids is 3. The normalized spacial score (nSPS) is 18.2. The number of benzene rings is 3. The number of nitrogens with one attached hydrogen (secondary N) is 2. The van der Waals surface area contributed by atoms with Crippen molar-refractivity contribution in [3.05, 3.63) is 91.0 Å². The van der Waals surface area contributed by atoms with Gasteiger partial charge in [-0.25, -0.2) is 9.59 Å². The fourth-order valence-corrected chi connectivity index (χ4v) is 11.8. The Balaban J connectivity index is 0.887. The Bertz CT molecular complexity index is 1370. The highest BCUT2D eigenvalue weighted by atomic mass is 32.2. The second-order valence-electron chi connectivity index (χ2n) is 12.1. The lowest BCUT2D eigenvalue weighted by molar-refractivity contribution is -0.145.